The molecular weight excluding hydrogens is 292 g/mol. The van der Waals surface area contributed by atoms with E-state index in [4.69, 9.17) is 0 Å². The standard InChI is InChI=1S/C10H15NO6P2/c1-2-8-11-10(18(12,13)14,19(15,16)17)9-6-4-3-5-7-9/h2-7,11H,1,8H2,(H2,12,13,14)(H2,15,16,17). The van der Waals surface area contributed by atoms with Gasteiger partial charge in [0.05, 0.1) is 0 Å². The van der Waals surface area contributed by atoms with E-state index in [1.165, 1.54) is 30.3 Å². The number of nitrogens with one attached hydrogen (secondary N) is 1. The molecule has 0 radical (unpaired) electrons. The minimum atomic E-state index is -5.20. The van der Waals surface area contributed by atoms with Gasteiger partial charge in [0.25, 0.3) is 0 Å². The molecule has 7 nitrogen and oxygen atoms in total. The first kappa shape index (κ1) is 16.3. The molecule has 0 heterocycles. The molecule has 0 saturated heterocycles. The highest BCUT2D eigenvalue weighted by molar-refractivity contribution is 7.71. The second-order valence-corrected chi connectivity index (χ2v) is 7.67. The van der Waals surface area contributed by atoms with Gasteiger partial charge in [0.15, 0.2) is 0 Å². The maximum absolute atomic E-state index is 11.7. The molecule has 9 heteroatoms. The van der Waals surface area contributed by atoms with Crippen molar-refractivity contribution in [3.63, 3.8) is 0 Å². The van der Waals surface area contributed by atoms with Gasteiger partial charge in [-0.15, -0.1) is 6.58 Å². The highest BCUT2D eigenvalue weighted by atomic mass is 31.2. The molecule has 0 aromatic heterocycles. The summed E-state index contributed by atoms with van der Waals surface area (Å²) in [5.41, 5.74) is -0.182. The first-order valence-electron chi connectivity index (χ1n) is 5.19. The van der Waals surface area contributed by atoms with Crippen LogP contribution in [0.4, 0.5) is 0 Å². The summed E-state index contributed by atoms with van der Waals surface area (Å²) in [6, 6.07) is 6.93. The average molecular weight is 307 g/mol. The average Bonchev–Trinajstić information content (AvgIpc) is 2.27. The Morgan fingerprint density at radius 3 is 1.95 bits per heavy atom. The van der Waals surface area contributed by atoms with Crippen molar-refractivity contribution in [1.82, 2.24) is 5.32 Å². The van der Waals surface area contributed by atoms with Gasteiger partial charge >= 0.3 is 15.2 Å². The molecule has 0 atom stereocenters. The Labute approximate surface area is 110 Å². The lowest BCUT2D eigenvalue weighted by molar-refractivity contribution is 0.292. The quantitative estimate of drug-likeness (QED) is 0.391. The fourth-order valence-electron chi connectivity index (χ4n) is 1.70. The lowest BCUT2D eigenvalue weighted by atomic mass is 10.2. The Bertz CT molecular complexity index is 512. The largest absolute Gasteiger partial charge is 0.362 e. The third-order valence-electron chi connectivity index (χ3n) is 2.51. The van der Waals surface area contributed by atoms with E-state index in [2.05, 4.69) is 11.9 Å². The third kappa shape index (κ3) is 3.04. The molecule has 5 N–H and O–H groups in total. The van der Waals surface area contributed by atoms with Crippen molar-refractivity contribution < 1.29 is 28.7 Å². The van der Waals surface area contributed by atoms with Crippen LogP contribution in [-0.4, -0.2) is 26.1 Å². The van der Waals surface area contributed by atoms with E-state index in [9.17, 15) is 28.7 Å². The van der Waals surface area contributed by atoms with Crippen LogP contribution >= 0.6 is 15.2 Å². The van der Waals surface area contributed by atoms with E-state index in [0.29, 0.717) is 0 Å². The number of benzene rings is 1. The highest BCUT2D eigenvalue weighted by Gasteiger charge is 2.61. The van der Waals surface area contributed by atoms with Crippen LogP contribution in [0.25, 0.3) is 0 Å². The predicted molar refractivity (Wildman–Crippen MR) is 70.4 cm³/mol. The second-order valence-electron chi connectivity index (χ2n) is 3.80. The summed E-state index contributed by atoms with van der Waals surface area (Å²) in [4.78, 5) is 37.9. The summed E-state index contributed by atoms with van der Waals surface area (Å²) in [5, 5.41) is -0.534. The third-order valence-corrected chi connectivity index (χ3v) is 6.59. The Morgan fingerprint density at radius 1 is 1.11 bits per heavy atom. The maximum atomic E-state index is 11.7. The van der Waals surface area contributed by atoms with Gasteiger partial charge in [-0.25, -0.2) is 0 Å². The van der Waals surface area contributed by atoms with Crippen LogP contribution in [0.1, 0.15) is 5.56 Å². The summed E-state index contributed by atoms with van der Waals surface area (Å²) in [7, 11) is -10.4. The van der Waals surface area contributed by atoms with Crippen molar-refractivity contribution in [3.8, 4) is 0 Å². The zero-order valence-corrected chi connectivity index (χ0v) is 11.7. The van der Waals surface area contributed by atoms with Gasteiger partial charge in [-0.3, -0.25) is 14.4 Å². The van der Waals surface area contributed by atoms with Crippen LogP contribution in [0.5, 0.6) is 0 Å². The zero-order valence-electron chi connectivity index (χ0n) is 9.88. The Kier molecular flexibility index (Phi) is 4.87. The van der Waals surface area contributed by atoms with Crippen LogP contribution in [0.2, 0.25) is 0 Å². The van der Waals surface area contributed by atoms with Crippen molar-refractivity contribution in [3.05, 3.63) is 48.6 Å². The fourth-order valence-corrected chi connectivity index (χ4v) is 4.62. The number of rotatable bonds is 6. The summed E-state index contributed by atoms with van der Waals surface area (Å²) in [6.45, 7) is 3.18. The molecule has 1 aromatic rings. The van der Waals surface area contributed by atoms with E-state index < -0.39 is 20.2 Å². The molecule has 0 fully saturated rings. The predicted octanol–water partition coefficient (Wildman–Crippen LogP) is 0.928. The lowest BCUT2D eigenvalue weighted by Crippen LogP contribution is -2.42. The van der Waals surface area contributed by atoms with Crippen molar-refractivity contribution in [2.75, 3.05) is 6.54 Å². The van der Waals surface area contributed by atoms with Crippen molar-refractivity contribution in [2.24, 2.45) is 0 Å². The van der Waals surface area contributed by atoms with Gasteiger partial charge in [-0.1, -0.05) is 36.4 Å². The smallest absolute Gasteiger partial charge is 0.322 e. The van der Waals surface area contributed by atoms with Crippen LogP contribution in [-0.2, 0) is 14.2 Å². The summed E-state index contributed by atoms with van der Waals surface area (Å²) in [5.74, 6) is 0. The monoisotopic (exact) mass is 307 g/mol. The normalized spacial score (nSPS) is 13.3. The first-order chi connectivity index (χ1) is 8.67. The molecule has 1 rings (SSSR count). The Hall–Kier alpha value is -0.780. The minimum Gasteiger partial charge on any atom is -0.322 e. The molecule has 0 amide bonds. The minimum absolute atomic E-state index is 0.175. The summed E-state index contributed by atoms with van der Waals surface area (Å²) in [6.07, 6.45) is 1.25. The van der Waals surface area contributed by atoms with Gasteiger partial charge in [-0.2, -0.15) is 0 Å². The van der Waals surface area contributed by atoms with Gasteiger partial charge in [0.2, 0.25) is 5.02 Å². The van der Waals surface area contributed by atoms with Crippen molar-refractivity contribution >= 4 is 15.2 Å². The van der Waals surface area contributed by atoms with Crippen LogP contribution in [0.3, 0.4) is 0 Å². The van der Waals surface area contributed by atoms with Crippen molar-refractivity contribution in [1.29, 1.82) is 0 Å². The topological polar surface area (TPSA) is 127 Å². The lowest BCUT2D eigenvalue weighted by Gasteiger charge is -2.35. The number of hydrogen-bond acceptors (Lipinski definition) is 3. The molecule has 0 aliphatic rings. The maximum Gasteiger partial charge on any atom is 0.362 e. The van der Waals surface area contributed by atoms with Gasteiger partial charge in [-0.05, 0) is 5.56 Å². The fraction of sp³-hybridized carbons (Fsp3) is 0.200. The van der Waals surface area contributed by atoms with E-state index >= 15 is 0 Å². The number of hydrogen-bond donors (Lipinski definition) is 5. The second kappa shape index (κ2) is 5.69. The Morgan fingerprint density at radius 2 is 1.58 bits per heavy atom. The van der Waals surface area contributed by atoms with Crippen LogP contribution < -0.4 is 5.32 Å². The van der Waals surface area contributed by atoms with Crippen molar-refractivity contribution in [2.45, 2.75) is 5.02 Å². The molecule has 0 saturated carbocycles. The summed E-state index contributed by atoms with van der Waals surface area (Å²) < 4.78 is 23.4. The molecule has 0 spiro atoms. The molecule has 1 aromatic carbocycles. The van der Waals surface area contributed by atoms with Gasteiger partial charge in [0, 0.05) is 6.54 Å². The molecule has 0 bridgehead atoms. The molecule has 0 unspecified atom stereocenters. The Balaban J connectivity index is 3.59. The molecular formula is C10H15NO6P2. The highest BCUT2D eigenvalue weighted by Crippen LogP contribution is 2.72. The van der Waals surface area contributed by atoms with Crippen LogP contribution in [0.15, 0.2) is 43.0 Å². The summed E-state index contributed by atoms with van der Waals surface area (Å²) >= 11 is 0. The SMILES string of the molecule is C=CCNC(c1ccccc1)(P(=O)(O)O)P(=O)(O)O. The first-order valence-corrected chi connectivity index (χ1v) is 8.42. The molecule has 19 heavy (non-hydrogen) atoms. The molecule has 0 aliphatic heterocycles. The van der Waals surface area contributed by atoms with E-state index in [1.54, 1.807) is 6.07 Å². The van der Waals surface area contributed by atoms with E-state index in [-0.39, 0.29) is 12.1 Å². The zero-order chi connectivity index (χ0) is 14.7. The van der Waals surface area contributed by atoms with E-state index in [1.807, 2.05) is 0 Å². The van der Waals surface area contributed by atoms with Gasteiger partial charge < -0.3 is 19.6 Å². The van der Waals surface area contributed by atoms with Gasteiger partial charge in [0.1, 0.15) is 0 Å². The van der Waals surface area contributed by atoms with Crippen LogP contribution in [0, 0.1) is 0 Å². The molecule has 0 aliphatic carbocycles. The van der Waals surface area contributed by atoms with E-state index in [0.717, 1.165) is 0 Å². The molecule has 106 valence electrons.